The van der Waals surface area contributed by atoms with Crippen molar-refractivity contribution in [1.82, 2.24) is 20.0 Å². The van der Waals surface area contributed by atoms with Crippen LogP contribution < -0.4 is 0 Å². The molecule has 0 atom stereocenters. The molecule has 2 rings (SSSR count). The van der Waals surface area contributed by atoms with Crippen LogP contribution in [0, 0.1) is 0 Å². The van der Waals surface area contributed by atoms with Crippen LogP contribution in [0.2, 0.25) is 0 Å². The fourth-order valence-electron chi connectivity index (χ4n) is 1.48. The number of Topliss-reactive ketones (excluding diaryl/α,β-unsaturated/α-hetero) is 1. The van der Waals surface area contributed by atoms with Crippen LogP contribution in [-0.4, -0.2) is 25.8 Å². The number of hydrogen-bond acceptors (Lipinski definition) is 4. The SMILES string of the molecule is Cn1nncc1C(=O)CCc1ccncc1. The van der Waals surface area contributed by atoms with Gasteiger partial charge in [-0.05, 0) is 24.1 Å². The van der Waals surface area contributed by atoms with Crippen LogP contribution in [0.4, 0.5) is 0 Å². The average Bonchev–Trinajstić information content (AvgIpc) is 2.74. The number of nitrogens with zero attached hydrogens (tertiary/aromatic N) is 4. The van der Waals surface area contributed by atoms with E-state index in [-0.39, 0.29) is 5.78 Å². The van der Waals surface area contributed by atoms with Gasteiger partial charge in [-0.1, -0.05) is 5.21 Å². The highest BCUT2D eigenvalue weighted by Crippen LogP contribution is 2.05. The van der Waals surface area contributed by atoms with Gasteiger partial charge in [0.15, 0.2) is 5.78 Å². The molecule has 2 aromatic heterocycles. The average molecular weight is 216 g/mol. The molecule has 2 heterocycles. The standard InChI is InChI=1S/C11H12N4O/c1-15-10(8-13-14-15)11(16)3-2-9-4-6-12-7-5-9/h4-8H,2-3H2,1H3. The van der Waals surface area contributed by atoms with Crippen molar-refractivity contribution in [3.8, 4) is 0 Å². The van der Waals surface area contributed by atoms with E-state index in [1.165, 1.54) is 10.9 Å². The zero-order valence-electron chi connectivity index (χ0n) is 9.00. The number of pyridine rings is 1. The summed E-state index contributed by atoms with van der Waals surface area (Å²) < 4.78 is 1.49. The van der Waals surface area contributed by atoms with Crippen LogP contribution in [0.15, 0.2) is 30.7 Å². The zero-order valence-corrected chi connectivity index (χ0v) is 9.00. The molecule has 0 bridgehead atoms. The van der Waals surface area contributed by atoms with Crippen molar-refractivity contribution in [2.45, 2.75) is 12.8 Å². The maximum absolute atomic E-state index is 11.8. The van der Waals surface area contributed by atoms with Crippen molar-refractivity contribution in [1.29, 1.82) is 0 Å². The largest absolute Gasteiger partial charge is 0.292 e. The minimum absolute atomic E-state index is 0.0595. The molecule has 0 saturated carbocycles. The molecule has 0 aliphatic carbocycles. The minimum atomic E-state index is 0.0595. The van der Waals surface area contributed by atoms with E-state index in [0.717, 1.165) is 5.56 Å². The van der Waals surface area contributed by atoms with Gasteiger partial charge < -0.3 is 0 Å². The summed E-state index contributed by atoms with van der Waals surface area (Å²) in [6.07, 6.45) is 6.13. The minimum Gasteiger partial charge on any atom is -0.292 e. The molecular formula is C11H12N4O. The van der Waals surface area contributed by atoms with E-state index < -0.39 is 0 Å². The van der Waals surface area contributed by atoms with Crippen LogP contribution in [0.5, 0.6) is 0 Å². The highest BCUT2D eigenvalue weighted by molar-refractivity contribution is 5.94. The molecule has 0 radical (unpaired) electrons. The normalized spacial score (nSPS) is 10.3. The number of hydrogen-bond donors (Lipinski definition) is 0. The molecule has 2 aromatic rings. The van der Waals surface area contributed by atoms with Crippen molar-refractivity contribution in [3.63, 3.8) is 0 Å². The summed E-state index contributed by atoms with van der Waals surface area (Å²) in [5.41, 5.74) is 1.66. The molecule has 0 aromatic carbocycles. The summed E-state index contributed by atoms with van der Waals surface area (Å²) in [7, 11) is 1.71. The maximum Gasteiger partial charge on any atom is 0.182 e. The Kier molecular flexibility index (Phi) is 3.05. The molecule has 82 valence electrons. The Balaban J connectivity index is 1.97. The Labute approximate surface area is 93.1 Å². The summed E-state index contributed by atoms with van der Waals surface area (Å²) in [4.78, 5) is 15.7. The second-order valence-electron chi connectivity index (χ2n) is 3.52. The van der Waals surface area contributed by atoms with E-state index in [2.05, 4.69) is 15.3 Å². The Bertz CT molecular complexity index is 478. The molecular weight excluding hydrogens is 204 g/mol. The van der Waals surface area contributed by atoms with E-state index >= 15 is 0 Å². The molecule has 0 N–H and O–H groups in total. The molecule has 5 nitrogen and oxygen atoms in total. The quantitative estimate of drug-likeness (QED) is 0.716. The number of carbonyl (C=O) groups excluding carboxylic acids is 1. The van der Waals surface area contributed by atoms with Crippen molar-refractivity contribution in [2.24, 2.45) is 7.05 Å². The highest BCUT2D eigenvalue weighted by Gasteiger charge is 2.10. The van der Waals surface area contributed by atoms with Crippen molar-refractivity contribution in [3.05, 3.63) is 42.0 Å². The van der Waals surface area contributed by atoms with Gasteiger partial charge in [0.25, 0.3) is 0 Å². The number of rotatable bonds is 4. The molecule has 0 amide bonds. The number of aryl methyl sites for hydroxylation is 2. The van der Waals surface area contributed by atoms with Gasteiger partial charge in [0.1, 0.15) is 5.69 Å². The molecule has 16 heavy (non-hydrogen) atoms. The molecule has 0 aliphatic heterocycles. The van der Waals surface area contributed by atoms with E-state index in [9.17, 15) is 4.79 Å². The lowest BCUT2D eigenvalue weighted by Crippen LogP contribution is -2.07. The summed E-state index contributed by atoms with van der Waals surface area (Å²) in [6, 6.07) is 3.82. The van der Waals surface area contributed by atoms with E-state index in [4.69, 9.17) is 0 Å². The van der Waals surface area contributed by atoms with Gasteiger partial charge in [0.05, 0.1) is 6.20 Å². The lowest BCUT2D eigenvalue weighted by atomic mass is 10.1. The molecule has 0 spiro atoms. The maximum atomic E-state index is 11.8. The predicted octanol–water partition coefficient (Wildman–Crippen LogP) is 1.03. The van der Waals surface area contributed by atoms with Gasteiger partial charge in [-0.2, -0.15) is 0 Å². The first kappa shape index (κ1) is 10.5. The van der Waals surface area contributed by atoms with E-state index in [1.807, 2.05) is 12.1 Å². The number of ketones is 1. The highest BCUT2D eigenvalue weighted by atomic mass is 16.1. The fourth-order valence-corrected chi connectivity index (χ4v) is 1.48. The topological polar surface area (TPSA) is 60.7 Å². The van der Waals surface area contributed by atoms with Crippen molar-refractivity contribution < 1.29 is 4.79 Å². The Morgan fingerprint density at radius 1 is 1.38 bits per heavy atom. The number of aromatic nitrogens is 4. The zero-order chi connectivity index (χ0) is 11.4. The molecule has 5 heteroatoms. The van der Waals surface area contributed by atoms with Gasteiger partial charge in [0.2, 0.25) is 0 Å². The monoisotopic (exact) mass is 216 g/mol. The van der Waals surface area contributed by atoms with Crippen LogP contribution >= 0.6 is 0 Å². The smallest absolute Gasteiger partial charge is 0.182 e. The first-order valence-corrected chi connectivity index (χ1v) is 5.04. The van der Waals surface area contributed by atoms with E-state index in [1.54, 1.807) is 19.4 Å². The van der Waals surface area contributed by atoms with Crippen LogP contribution in [0.25, 0.3) is 0 Å². The van der Waals surface area contributed by atoms with Gasteiger partial charge >= 0.3 is 0 Å². The Hall–Kier alpha value is -2.04. The van der Waals surface area contributed by atoms with Crippen LogP contribution in [0.1, 0.15) is 22.5 Å². The van der Waals surface area contributed by atoms with Crippen molar-refractivity contribution in [2.75, 3.05) is 0 Å². The first-order valence-electron chi connectivity index (χ1n) is 5.04. The predicted molar refractivity (Wildman–Crippen MR) is 57.9 cm³/mol. The molecule has 0 aliphatic rings. The Morgan fingerprint density at radius 3 is 2.75 bits per heavy atom. The second kappa shape index (κ2) is 4.65. The summed E-state index contributed by atoms with van der Waals surface area (Å²) >= 11 is 0. The molecule has 0 saturated heterocycles. The summed E-state index contributed by atoms with van der Waals surface area (Å²) in [5, 5.41) is 7.41. The molecule has 0 fully saturated rings. The van der Waals surface area contributed by atoms with Crippen LogP contribution in [-0.2, 0) is 13.5 Å². The summed E-state index contributed by atoms with van der Waals surface area (Å²) in [6.45, 7) is 0. The third-order valence-electron chi connectivity index (χ3n) is 2.39. The summed E-state index contributed by atoms with van der Waals surface area (Å²) in [5.74, 6) is 0.0595. The van der Waals surface area contributed by atoms with E-state index in [0.29, 0.717) is 18.5 Å². The number of carbonyl (C=O) groups is 1. The lowest BCUT2D eigenvalue weighted by molar-refractivity contribution is 0.0973. The van der Waals surface area contributed by atoms with Crippen LogP contribution in [0.3, 0.4) is 0 Å². The Morgan fingerprint density at radius 2 is 2.12 bits per heavy atom. The van der Waals surface area contributed by atoms with Gasteiger partial charge in [0, 0.05) is 25.9 Å². The first-order chi connectivity index (χ1) is 7.77. The second-order valence-corrected chi connectivity index (χ2v) is 3.52. The lowest BCUT2D eigenvalue weighted by Gasteiger charge is -2.00. The van der Waals surface area contributed by atoms with Gasteiger partial charge in [-0.3, -0.25) is 9.78 Å². The molecule has 0 unspecified atom stereocenters. The third kappa shape index (κ3) is 2.31. The van der Waals surface area contributed by atoms with Gasteiger partial charge in [-0.25, -0.2) is 4.68 Å². The van der Waals surface area contributed by atoms with Crippen molar-refractivity contribution >= 4 is 5.78 Å². The fraction of sp³-hybridized carbons (Fsp3) is 0.273. The van der Waals surface area contributed by atoms with Gasteiger partial charge in [-0.15, -0.1) is 5.10 Å². The third-order valence-corrected chi connectivity index (χ3v) is 2.39.